The summed E-state index contributed by atoms with van der Waals surface area (Å²) in [7, 11) is 0. The number of allylic oxidation sites excluding steroid dienone is 13. The van der Waals surface area contributed by atoms with Crippen LogP contribution < -0.4 is 0 Å². The van der Waals surface area contributed by atoms with Gasteiger partial charge in [-0.1, -0.05) is 87.2 Å². The largest absolute Gasteiger partial charge is 0.392 e. The molecule has 0 aromatic heterocycles. The molecule has 0 saturated carbocycles. The van der Waals surface area contributed by atoms with Crippen molar-refractivity contribution in [1.29, 1.82) is 0 Å². The maximum absolute atomic E-state index is 12.5. The average Bonchev–Trinajstić information content (AvgIpc) is 2.55. The Hall–Kier alpha value is -2.00. The molecule has 0 radical (unpaired) electrons. The Bertz CT molecular complexity index is 710. The van der Waals surface area contributed by atoms with E-state index in [-0.39, 0.29) is 0 Å². The number of halogens is 4. The van der Waals surface area contributed by atoms with E-state index in [9.17, 15) is 13.2 Å². The molecule has 0 fully saturated rings. The van der Waals surface area contributed by atoms with Gasteiger partial charge in [-0.15, -0.1) is 0 Å². The van der Waals surface area contributed by atoms with Gasteiger partial charge >= 0.3 is 6.18 Å². The van der Waals surface area contributed by atoms with E-state index in [1.165, 1.54) is 6.08 Å². The zero-order chi connectivity index (χ0) is 19.7. The molecule has 0 aromatic carbocycles. The summed E-state index contributed by atoms with van der Waals surface area (Å²) < 4.78 is 37.5. The van der Waals surface area contributed by atoms with Crippen LogP contribution in [0.4, 0.5) is 13.2 Å². The molecule has 0 spiro atoms. The first kappa shape index (κ1) is 22.0. The van der Waals surface area contributed by atoms with Gasteiger partial charge in [0.25, 0.3) is 0 Å². The van der Waals surface area contributed by atoms with Crippen LogP contribution in [0.15, 0.2) is 95.2 Å². The van der Waals surface area contributed by atoms with Gasteiger partial charge in [-0.3, -0.25) is 0 Å². The molecule has 1 aliphatic carbocycles. The summed E-state index contributed by atoms with van der Waals surface area (Å²) >= 11 is 6.42. The van der Waals surface area contributed by atoms with Crippen LogP contribution in [0.25, 0.3) is 0 Å². The van der Waals surface area contributed by atoms with Gasteiger partial charge in [0.1, 0.15) is 0 Å². The van der Waals surface area contributed by atoms with Crippen molar-refractivity contribution in [1.82, 2.24) is 0 Å². The second-order valence-corrected chi connectivity index (χ2v) is 6.36. The molecule has 1 aliphatic rings. The van der Waals surface area contributed by atoms with E-state index in [0.29, 0.717) is 11.5 Å². The third-order valence-corrected chi connectivity index (χ3v) is 4.16. The second-order valence-electron chi connectivity index (χ2n) is 5.90. The molecule has 0 aromatic rings. The first-order valence-corrected chi connectivity index (χ1v) is 8.78. The zero-order valence-corrected chi connectivity index (χ0v) is 15.8. The van der Waals surface area contributed by atoms with E-state index in [1.54, 1.807) is 18.2 Å². The topological polar surface area (TPSA) is 0 Å². The predicted octanol–water partition coefficient (Wildman–Crippen LogP) is 7.90. The summed E-state index contributed by atoms with van der Waals surface area (Å²) in [5.41, 5.74) is 4.01. The highest BCUT2D eigenvalue weighted by atomic mass is 35.5. The maximum Gasteiger partial charge on any atom is 0.392 e. The molecule has 0 atom stereocenters. The fraction of sp³-hybridized carbons (Fsp3) is 0.273. The number of hydrogen-bond donors (Lipinski definition) is 0. The van der Waals surface area contributed by atoms with Crippen molar-refractivity contribution in [3.8, 4) is 0 Å². The van der Waals surface area contributed by atoms with E-state index in [1.807, 2.05) is 19.1 Å². The van der Waals surface area contributed by atoms with Gasteiger partial charge in [0.05, 0.1) is 6.42 Å². The first-order chi connectivity index (χ1) is 12.2. The summed E-state index contributed by atoms with van der Waals surface area (Å²) in [6.07, 6.45) is 8.30. The highest BCUT2D eigenvalue weighted by Crippen LogP contribution is 2.37. The van der Waals surface area contributed by atoms with Crippen LogP contribution in [-0.4, -0.2) is 6.18 Å². The van der Waals surface area contributed by atoms with E-state index >= 15 is 0 Å². The Morgan fingerprint density at radius 3 is 2.50 bits per heavy atom. The third kappa shape index (κ3) is 6.72. The Morgan fingerprint density at radius 2 is 2.00 bits per heavy atom. The number of hydrogen-bond acceptors (Lipinski definition) is 0. The van der Waals surface area contributed by atoms with Crippen LogP contribution in [0.5, 0.6) is 0 Å². The van der Waals surface area contributed by atoms with E-state index in [2.05, 4.69) is 19.7 Å². The van der Waals surface area contributed by atoms with E-state index in [0.717, 1.165) is 46.8 Å². The molecule has 0 heterocycles. The lowest BCUT2D eigenvalue weighted by Crippen LogP contribution is -2.05. The SMILES string of the molecule is C=C/C=C\C1=C(Cl)CC(C(/C=C\CC(F)(F)F)=C(/C=C)CCC)=CC1=C. The van der Waals surface area contributed by atoms with Gasteiger partial charge in [0.15, 0.2) is 0 Å². The molecular formula is C22H24ClF3. The minimum absolute atomic E-state index is 0.435. The fourth-order valence-electron chi connectivity index (χ4n) is 2.66. The van der Waals surface area contributed by atoms with Crippen molar-refractivity contribution in [3.05, 3.63) is 95.2 Å². The van der Waals surface area contributed by atoms with E-state index < -0.39 is 12.6 Å². The summed E-state index contributed by atoms with van der Waals surface area (Å²) in [5.74, 6) is 0. The van der Waals surface area contributed by atoms with Gasteiger partial charge < -0.3 is 0 Å². The van der Waals surface area contributed by atoms with Crippen molar-refractivity contribution in [2.45, 2.75) is 38.8 Å². The average molecular weight is 381 g/mol. The molecule has 1 rings (SSSR count). The highest BCUT2D eigenvalue weighted by molar-refractivity contribution is 6.30. The van der Waals surface area contributed by atoms with Gasteiger partial charge in [-0.05, 0) is 34.3 Å². The molecule has 0 nitrogen and oxygen atoms in total. The Morgan fingerprint density at radius 1 is 1.31 bits per heavy atom. The van der Waals surface area contributed by atoms with Gasteiger partial charge in [-0.2, -0.15) is 13.2 Å². The molecule has 0 amide bonds. The molecule has 0 unspecified atom stereocenters. The summed E-state index contributed by atoms with van der Waals surface area (Å²) in [6.45, 7) is 13.5. The van der Waals surface area contributed by atoms with Crippen molar-refractivity contribution in [3.63, 3.8) is 0 Å². The lowest BCUT2D eigenvalue weighted by Gasteiger charge is -2.20. The number of alkyl halides is 3. The Kier molecular flexibility index (Phi) is 8.67. The molecule has 140 valence electrons. The molecule has 0 aliphatic heterocycles. The van der Waals surface area contributed by atoms with Gasteiger partial charge in [0, 0.05) is 11.5 Å². The normalized spacial score (nSPS) is 17.0. The second kappa shape index (κ2) is 10.2. The minimum Gasteiger partial charge on any atom is -0.171 e. The third-order valence-electron chi connectivity index (χ3n) is 3.82. The van der Waals surface area contributed by atoms with Gasteiger partial charge in [-0.25, -0.2) is 0 Å². The lowest BCUT2D eigenvalue weighted by atomic mass is 9.87. The summed E-state index contributed by atoms with van der Waals surface area (Å²) in [5, 5.41) is 0.604. The van der Waals surface area contributed by atoms with Crippen molar-refractivity contribution in [2.75, 3.05) is 0 Å². The molecular weight excluding hydrogens is 357 g/mol. The van der Waals surface area contributed by atoms with Crippen LogP contribution in [0.3, 0.4) is 0 Å². The van der Waals surface area contributed by atoms with Gasteiger partial charge in [0.2, 0.25) is 0 Å². The summed E-state index contributed by atoms with van der Waals surface area (Å²) in [4.78, 5) is 0. The maximum atomic E-state index is 12.5. The van der Waals surface area contributed by atoms with Crippen LogP contribution in [0.2, 0.25) is 0 Å². The lowest BCUT2D eigenvalue weighted by molar-refractivity contribution is -0.125. The van der Waals surface area contributed by atoms with Crippen LogP contribution in [-0.2, 0) is 0 Å². The predicted molar refractivity (Wildman–Crippen MR) is 106 cm³/mol. The zero-order valence-electron chi connectivity index (χ0n) is 15.0. The monoisotopic (exact) mass is 380 g/mol. The first-order valence-electron chi connectivity index (χ1n) is 8.40. The molecule has 26 heavy (non-hydrogen) atoms. The molecule has 0 bridgehead atoms. The smallest absolute Gasteiger partial charge is 0.171 e. The van der Waals surface area contributed by atoms with Crippen molar-refractivity contribution >= 4 is 11.6 Å². The fourth-order valence-corrected chi connectivity index (χ4v) is 2.99. The van der Waals surface area contributed by atoms with E-state index in [4.69, 9.17) is 11.6 Å². The van der Waals surface area contributed by atoms with Crippen LogP contribution in [0, 0.1) is 0 Å². The summed E-state index contributed by atoms with van der Waals surface area (Å²) in [6, 6.07) is 0. The molecule has 4 heteroatoms. The minimum atomic E-state index is -4.23. The van der Waals surface area contributed by atoms with Crippen molar-refractivity contribution < 1.29 is 13.2 Å². The standard InChI is InChI=1S/C22H24ClF3/c1-5-8-11-19-16(4)14-18(15-21(19)23)20(17(7-3)10-6-2)12-9-13-22(24,25)26/h5,7-9,11-12,14H,1,3-4,6,10,13,15H2,2H3/b11-8-,12-9-,20-17-. The Labute approximate surface area is 159 Å². The molecule has 0 N–H and O–H groups in total. The highest BCUT2D eigenvalue weighted by Gasteiger charge is 2.25. The molecule has 0 saturated heterocycles. The quantitative estimate of drug-likeness (QED) is 0.375. The Balaban J connectivity index is 3.29. The van der Waals surface area contributed by atoms with Crippen LogP contribution >= 0.6 is 11.6 Å². The number of rotatable bonds is 8. The van der Waals surface area contributed by atoms with Crippen molar-refractivity contribution in [2.24, 2.45) is 0 Å². The van der Waals surface area contributed by atoms with Crippen LogP contribution in [0.1, 0.15) is 32.6 Å².